The van der Waals surface area contributed by atoms with E-state index in [-0.39, 0.29) is 11.4 Å². The number of rotatable bonds is 6. The van der Waals surface area contributed by atoms with Gasteiger partial charge in [0, 0.05) is 25.3 Å². The largest absolute Gasteiger partial charge is 0.370 e. The molecule has 4 nitrogen and oxygen atoms in total. The summed E-state index contributed by atoms with van der Waals surface area (Å²) in [6.45, 7) is 9.03. The highest BCUT2D eigenvalue weighted by molar-refractivity contribution is 6.33. The van der Waals surface area contributed by atoms with Gasteiger partial charge in [-0.1, -0.05) is 25.4 Å². The number of hydrogen-bond donors (Lipinski definition) is 1. The van der Waals surface area contributed by atoms with Crippen molar-refractivity contribution in [3.63, 3.8) is 0 Å². The Kier molecular flexibility index (Phi) is 5.81. The maximum Gasteiger partial charge on any atom is 0.255 e. The van der Waals surface area contributed by atoms with Crippen LogP contribution in [0.4, 0.5) is 5.82 Å². The maximum atomic E-state index is 12.6. The van der Waals surface area contributed by atoms with Crippen molar-refractivity contribution in [3.8, 4) is 0 Å². The lowest BCUT2D eigenvalue weighted by Crippen LogP contribution is -2.44. The van der Waals surface area contributed by atoms with Crippen LogP contribution in [0, 0.1) is 0 Å². The molecule has 0 saturated carbocycles. The zero-order valence-electron chi connectivity index (χ0n) is 13.0. The number of nitrogens with zero attached hydrogens (tertiary/aromatic N) is 2. The fourth-order valence-corrected chi connectivity index (χ4v) is 1.83. The molecule has 1 aromatic rings. The van der Waals surface area contributed by atoms with E-state index >= 15 is 0 Å². The average molecular weight is 298 g/mol. The SMILES string of the molecule is CCCNc1cc(C(=O)N(C)C(C)(C)CC)c(Cl)cn1. The van der Waals surface area contributed by atoms with E-state index < -0.39 is 0 Å². The fraction of sp³-hybridized carbons (Fsp3) is 0.600. The Morgan fingerprint density at radius 3 is 2.65 bits per heavy atom. The molecule has 1 N–H and O–H groups in total. The van der Waals surface area contributed by atoms with Gasteiger partial charge in [-0.3, -0.25) is 4.79 Å². The lowest BCUT2D eigenvalue weighted by Gasteiger charge is -2.35. The standard InChI is InChI=1S/C15H24ClN3O/c1-6-8-17-13-9-11(12(16)10-18-13)14(20)19(5)15(3,4)7-2/h9-10H,6-8H2,1-5H3,(H,17,18). The third-order valence-corrected chi connectivity index (χ3v) is 4.02. The topological polar surface area (TPSA) is 45.2 Å². The molecule has 0 atom stereocenters. The molecule has 1 rings (SSSR count). The highest BCUT2D eigenvalue weighted by Gasteiger charge is 2.27. The van der Waals surface area contributed by atoms with E-state index in [9.17, 15) is 4.79 Å². The molecule has 1 heterocycles. The molecule has 1 aromatic heterocycles. The van der Waals surface area contributed by atoms with Crippen molar-refractivity contribution in [3.05, 3.63) is 22.8 Å². The van der Waals surface area contributed by atoms with Gasteiger partial charge in [0.25, 0.3) is 5.91 Å². The van der Waals surface area contributed by atoms with Gasteiger partial charge in [-0.2, -0.15) is 0 Å². The zero-order valence-corrected chi connectivity index (χ0v) is 13.7. The first-order chi connectivity index (χ1) is 9.33. The summed E-state index contributed by atoms with van der Waals surface area (Å²) in [6, 6.07) is 1.72. The Labute approximate surface area is 126 Å². The molecule has 112 valence electrons. The third-order valence-electron chi connectivity index (χ3n) is 3.72. The molecule has 20 heavy (non-hydrogen) atoms. The van der Waals surface area contributed by atoms with Crippen LogP contribution in [0.1, 0.15) is 50.9 Å². The number of amides is 1. The van der Waals surface area contributed by atoms with Gasteiger partial charge in [0.2, 0.25) is 0 Å². The summed E-state index contributed by atoms with van der Waals surface area (Å²) in [5.41, 5.74) is 0.282. The molecule has 0 aliphatic heterocycles. The van der Waals surface area contributed by atoms with Gasteiger partial charge in [0.15, 0.2) is 0 Å². The molecule has 5 heteroatoms. The van der Waals surface area contributed by atoms with Crippen LogP contribution >= 0.6 is 11.6 Å². The van der Waals surface area contributed by atoms with Crippen molar-refractivity contribution in [1.82, 2.24) is 9.88 Å². The Morgan fingerprint density at radius 1 is 1.45 bits per heavy atom. The quantitative estimate of drug-likeness (QED) is 0.868. The zero-order chi connectivity index (χ0) is 15.3. The minimum atomic E-state index is -0.208. The molecule has 0 unspecified atom stereocenters. The minimum Gasteiger partial charge on any atom is -0.370 e. The number of hydrogen-bond acceptors (Lipinski definition) is 3. The van der Waals surface area contributed by atoms with Crippen LogP contribution in [-0.2, 0) is 0 Å². The van der Waals surface area contributed by atoms with Crippen molar-refractivity contribution in [2.75, 3.05) is 18.9 Å². The van der Waals surface area contributed by atoms with Crippen LogP contribution in [0.15, 0.2) is 12.3 Å². The Bertz CT molecular complexity index is 474. The first-order valence-corrected chi connectivity index (χ1v) is 7.38. The lowest BCUT2D eigenvalue weighted by atomic mass is 9.99. The summed E-state index contributed by atoms with van der Waals surface area (Å²) in [5.74, 6) is 0.603. The van der Waals surface area contributed by atoms with Crippen molar-refractivity contribution in [1.29, 1.82) is 0 Å². The van der Waals surface area contributed by atoms with E-state index in [2.05, 4.69) is 24.1 Å². The molecular formula is C15H24ClN3O. The van der Waals surface area contributed by atoms with Crippen LogP contribution in [0.25, 0.3) is 0 Å². The number of aromatic nitrogens is 1. The number of anilines is 1. The van der Waals surface area contributed by atoms with E-state index in [1.807, 2.05) is 20.9 Å². The Balaban J connectivity index is 3.02. The summed E-state index contributed by atoms with van der Waals surface area (Å²) in [4.78, 5) is 18.5. The van der Waals surface area contributed by atoms with E-state index in [0.717, 1.165) is 19.4 Å². The molecule has 0 fully saturated rings. The lowest BCUT2D eigenvalue weighted by molar-refractivity contribution is 0.0620. The smallest absolute Gasteiger partial charge is 0.255 e. The number of halogens is 1. The van der Waals surface area contributed by atoms with Crippen LogP contribution in [0.3, 0.4) is 0 Å². The highest BCUT2D eigenvalue weighted by atomic mass is 35.5. The van der Waals surface area contributed by atoms with E-state index in [1.54, 1.807) is 11.0 Å². The number of pyridine rings is 1. The van der Waals surface area contributed by atoms with E-state index in [1.165, 1.54) is 6.20 Å². The molecule has 0 bridgehead atoms. The van der Waals surface area contributed by atoms with Crippen LogP contribution in [0.5, 0.6) is 0 Å². The van der Waals surface area contributed by atoms with Crippen molar-refractivity contribution in [2.45, 2.75) is 46.1 Å². The summed E-state index contributed by atoms with van der Waals surface area (Å²) >= 11 is 6.12. The Morgan fingerprint density at radius 2 is 2.10 bits per heavy atom. The number of carbonyl (C=O) groups is 1. The normalized spacial score (nSPS) is 11.3. The summed E-state index contributed by atoms with van der Waals surface area (Å²) in [5, 5.41) is 3.55. The predicted molar refractivity (Wildman–Crippen MR) is 84.5 cm³/mol. The summed E-state index contributed by atoms with van der Waals surface area (Å²) in [7, 11) is 1.81. The van der Waals surface area contributed by atoms with Crippen LogP contribution in [0.2, 0.25) is 5.02 Å². The monoisotopic (exact) mass is 297 g/mol. The maximum absolute atomic E-state index is 12.6. The molecule has 0 aromatic carbocycles. The molecule has 0 aliphatic carbocycles. The molecule has 0 saturated heterocycles. The van der Waals surface area contributed by atoms with Crippen molar-refractivity contribution < 1.29 is 4.79 Å². The molecule has 0 aliphatic rings. The van der Waals surface area contributed by atoms with Gasteiger partial charge >= 0.3 is 0 Å². The van der Waals surface area contributed by atoms with Crippen LogP contribution in [-0.4, -0.2) is 34.9 Å². The number of nitrogens with one attached hydrogen (secondary N) is 1. The molecular weight excluding hydrogens is 274 g/mol. The highest BCUT2D eigenvalue weighted by Crippen LogP contribution is 2.24. The first-order valence-electron chi connectivity index (χ1n) is 7.01. The van der Waals surface area contributed by atoms with E-state index in [4.69, 9.17) is 11.6 Å². The first kappa shape index (κ1) is 16.8. The Hall–Kier alpha value is -1.29. The van der Waals surface area contributed by atoms with Crippen LogP contribution < -0.4 is 5.32 Å². The van der Waals surface area contributed by atoms with Crippen molar-refractivity contribution in [2.24, 2.45) is 0 Å². The molecule has 0 radical (unpaired) electrons. The van der Waals surface area contributed by atoms with Gasteiger partial charge in [0.05, 0.1) is 10.6 Å². The second-order valence-corrected chi connectivity index (χ2v) is 5.91. The summed E-state index contributed by atoms with van der Waals surface area (Å²) in [6.07, 6.45) is 3.40. The summed E-state index contributed by atoms with van der Waals surface area (Å²) < 4.78 is 0. The number of carbonyl (C=O) groups excluding carboxylic acids is 1. The van der Waals surface area contributed by atoms with Crippen molar-refractivity contribution >= 4 is 23.3 Å². The second-order valence-electron chi connectivity index (χ2n) is 5.51. The molecule has 1 amide bonds. The minimum absolute atomic E-state index is 0.0798. The molecule has 0 spiro atoms. The van der Waals surface area contributed by atoms with Gasteiger partial charge in [-0.05, 0) is 32.8 Å². The van der Waals surface area contributed by atoms with Gasteiger partial charge in [-0.25, -0.2) is 4.98 Å². The van der Waals surface area contributed by atoms with Gasteiger partial charge < -0.3 is 10.2 Å². The van der Waals surface area contributed by atoms with Gasteiger partial charge in [0.1, 0.15) is 5.82 Å². The predicted octanol–water partition coefficient (Wildman–Crippen LogP) is 3.82. The van der Waals surface area contributed by atoms with Gasteiger partial charge in [-0.15, -0.1) is 0 Å². The third kappa shape index (κ3) is 3.85. The second kappa shape index (κ2) is 6.93. The van der Waals surface area contributed by atoms with E-state index in [0.29, 0.717) is 16.4 Å². The fourth-order valence-electron chi connectivity index (χ4n) is 1.65. The average Bonchev–Trinajstić information content (AvgIpc) is 2.44.